The van der Waals surface area contributed by atoms with E-state index >= 15 is 0 Å². The van der Waals surface area contributed by atoms with Gasteiger partial charge in [-0.15, -0.1) is 0 Å². The van der Waals surface area contributed by atoms with Gasteiger partial charge in [-0.2, -0.15) is 4.98 Å². The summed E-state index contributed by atoms with van der Waals surface area (Å²) in [5.74, 6) is 0.847. The zero-order valence-corrected chi connectivity index (χ0v) is 14.6. The molecule has 2 aromatic carbocycles. The van der Waals surface area contributed by atoms with Crippen molar-refractivity contribution in [2.24, 2.45) is 0 Å². The fourth-order valence-electron chi connectivity index (χ4n) is 2.19. The van der Waals surface area contributed by atoms with Gasteiger partial charge in [0.1, 0.15) is 11.6 Å². The van der Waals surface area contributed by atoms with Crippen LogP contribution in [0.3, 0.4) is 0 Å². The summed E-state index contributed by atoms with van der Waals surface area (Å²) in [6, 6.07) is 14.4. The van der Waals surface area contributed by atoms with E-state index in [4.69, 9.17) is 0 Å². The molecule has 0 unspecified atom stereocenters. The fourth-order valence-corrected chi connectivity index (χ4v) is 2.78. The lowest BCUT2D eigenvalue weighted by atomic mass is 10.2. The first-order valence-corrected chi connectivity index (χ1v) is 8.24. The normalized spacial score (nSPS) is 10.5. The molecular formula is C18H16BrFN4. The highest BCUT2D eigenvalue weighted by molar-refractivity contribution is 9.10. The molecule has 3 rings (SSSR count). The first kappa shape index (κ1) is 16.4. The van der Waals surface area contributed by atoms with E-state index in [-0.39, 0.29) is 5.82 Å². The third kappa shape index (κ3) is 4.08. The zero-order chi connectivity index (χ0) is 16.9. The fraction of sp³-hybridized carbons (Fsp3) is 0.111. The van der Waals surface area contributed by atoms with Crippen LogP contribution in [-0.2, 0) is 6.54 Å². The molecule has 3 aromatic rings. The van der Waals surface area contributed by atoms with Crippen LogP contribution >= 0.6 is 15.9 Å². The van der Waals surface area contributed by atoms with Crippen molar-refractivity contribution in [3.05, 3.63) is 76.1 Å². The van der Waals surface area contributed by atoms with E-state index in [1.807, 2.05) is 25.1 Å². The minimum atomic E-state index is -0.247. The molecule has 1 aromatic heterocycles. The van der Waals surface area contributed by atoms with Crippen LogP contribution in [0.15, 0.2) is 59.2 Å². The summed E-state index contributed by atoms with van der Waals surface area (Å²) in [6.07, 6.45) is 1.65. The Morgan fingerprint density at radius 1 is 1.12 bits per heavy atom. The molecule has 0 aliphatic heterocycles. The third-order valence-corrected chi connectivity index (χ3v) is 4.09. The minimum absolute atomic E-state index is 0.247. The van der Waals surface area contributed by atoms with Gasteiger partial charge in [-0.1, -0.05) is 24.3 Å². The molecule has 0 aliphatic rings. The first-order valence-electron chi connectivity index (χ1n) is 7.45. The third-order valence-electron chi connectivity index (χ3n) is 3.44. The van der Waals surface area contributed by atoms with Crippen molar-refractivity contribution in [1.29, 1.82) is 0 Å². The van der Waals surface area contributed by atoms with Crippen LogP contribution in [-0.4, -0.2) is 9.97 Å². The zero-order valence-electron chi connectivity index (χ0n) is 13.1. The highest BCUT2D eigenvalue weighted by Gasteiger charge is 2.05. The SMILES string of the molecule is Cc1ccc(Nc2ccnc(NCc3ccccc3F)n2)c(Br)c1. The standard InChI is InChI=1S/C18H16BrFN4/c1-12-6-7-16(14(19)10-12)23-17-8-9-21-18(24-17)22-11-13-4-2-3-5-15(13)20/h2-10H,11H2,1H3,(H2,21,22,23,24). The molecule has 0 fully saturated rings. The van der Waals surface area contributed by atoms with Crippen molar-refractivity contribution >= 4 is 33.4 Å². The molecule has 0 saturated carbocycles. The molecule has 1 heterocycles. The van der Waals surface area contributed by atoms with Gasteiger partial charge >= 0.3 is 0 Å². The van der Waals surface area contributed by atoms with Crippen LogP contribution in [0, 0.1) is 12.7 Å². The number of halogens is 2. The van der Waals surface area contributed by atoms with E-state index in [2.05, 4.69) is 36.5 Å². The molecule has 4 nitrogen and oxygen atoms in total. The predicted octanol–water partition coefficient (Wildman–Crippen LogP) is 5.04. The number of aryl methyl sites for hydroxylation is 1. The summed E-state index contributed by atoms with van der Waals surface area (Å²) >= 11 is 3.53. The van der Waals surface area contributed by atoms with Gasteiger partial charge in [0.2, 0.25) is 5.95 Å². The Bertz CT molecular complexity index is 854. The highest BCUT2D eigenvalue weighted by Crippen LogP contribution is 2.26. The first-order chi connectivity index (χ1) is 11.6. The largest absolute Gasteiger partial charge is 0.350 e. The molecule has 0 amide bonds. The van der Waals surface area contributed by atoms with E-state index in [0.29, 0.717) is 23.9 Å². The summed E-state index contributed by atoms with van der Waals surface area (Å²) in [6.45, 7) is 2.36. The van der Waals surface area contributed by atoms with Gasteiger partial charge in [0.25, 0.3) is 0 Å². The molecule has 0 saturated heterocycles. The van der Waals surface area contributed by atoms with Gasteiger partial charge in [-0.3, -0.25) is 0 Å². The van der Waals surface area contributed by atoms with Gasteiger partial charge in [-0.25, -0.2) is 9.37 Å². The molecule has 0 aliphatic carbocycles. The second-order valence-corrected chi connectivity index (χ2v) is 6.17. The topological polar surface area (TPSA) is 49.8 Å². The number of anilines is 3. The van der Waals surface area contributed by atoms with E-state index in [9.17, 15) is 4.39 Å². The molecule has 122 valence electrons. The number of aromatic nitrogens is 2. The lowest BCUT2D eigenvalue weighted by Crippen LogP contribution is -2.06. The Morgan fingerprint density at radius 2 is 1.96 bits per heavy atom. The number of rotatable bonds is 5. The molecular weight excluding hydrogens is 371 g/mol. The van der Waals surface area contributed by atoms with Gasteiger partial charge in [-0.05, 0) is 52.7 Å². The molecule has 0 spiro atoms. The van der Waals surface area contributed by atoms with Crippen LogP contribution in [0.2, 0.25) is 0 Å². The van der Waals surface area contributed by atoms with Gasteiger partial charge < -0.3 is 10.6 Å². The molecule has 0 bridgehead atoms. The second kappa shape index (κ2) is 7.40. The summed E-state index contributed by atoms with van der Waals surface area (Å²) in [4.78, 5) is 8.57. The smallest absolute Gasteiger partial charge is 0.224 e. The molecule has 2 N–H and O–H groups in total. The lowest BCUT2D eigenvalue weighted by molar-refractivity contribution is 0.612. The summed E-state index contributed by atoms with van der Waals surface area (Å²) in [5.41, 5.74) is 2.66. The Labute approximate surface area is 148 Å². The molecule has 0 radical (unpaired) electrons. The van der Waals surface area contributed by atoms with Crippen molar-refractivity contribution in [1.82, 2.24) is 9.97 Å². The number of hydrogen-bond acceptors (Lipinski definition) is 4. The van der Waals surface area contributed by atoms with Gasteiger partial charge in [0, 0.05) is 22.8 Å². The van der Waals surface area contributed by atoms with Crippen LogP contribution in [0.25, 0.3) is 0 Å². The second-order valence-electron chi connectivity index (χ2n) is 5.32. The Morgan fingerprint density at radius 3 is 2.75 bits per heavy atom. The van der Waals surface area contributed by atoms with Crippen LogP contribution in [0.5, 0.6) is 0 Å². The predicted molar refractivity (Wildman–Crippen MR) is 97.9 cm³/mol. The van der Waals surface area contributed by atoms with Gasteiger partial charge in [0.15, 0.2) is 0 Å². The Balaban J connectivity index is 1.71. The monoisotopic (exact) mass is 386 g/mol. The van der Waals surface area contributed by atoms with E-state index < -0.39 is 0 Å². The van der Waals surface area contributed by atoms with E-state index in [1.165, 1.54) is 11.6 Å². The summed E-state index contributed by atoms with van der Waals surface area (Å²) < 4.78 is 14.6. The maximum Gasteiger partial charge on any atom is 0.224 e. The van der Waals surface area contributed by atoms with Crippen molar-refractivity contribution in [3.63, 3.8) is 0 Å². The molecule has 6 heteroatoms. The number of hydrogen-bond donors (Lipinski definition) is 2. The number of nitrogens with one attached hydrogen (secondary N) is 2. The van der Waals surface area contributed by atoms with Crippen LogP contribution in [0.4, 0.5) is 21.8 Å². The Kier molecular flexibility index (Phi) is 5.05. The number of nitrogens with zero attached hydrogens (tertiary/aromatic N) is 2. The van der Waals surface area contributed by atoms with E-state index in [0.717, 1.165) is 10.2 Å². The molecule has 24 heavy (non-hydrogen) atoms. The van der Waals surface area contributed by atoms with Crippen molar-refractivity contribution in [3.8, 4) is 0 Å². The summed E-state index contributed by atoms with van der Waals surface area (Å²) in [7, 11) is 0. The maximum atomic E-state index is 13.6. The van der Waals surface area contributed by atoms with Gasteiger partial charge in [0.05, 0.1) is 5.69 Å². The quantitative estimate of drug-likeness (QED) is 0.644. The Hall–Kier alpha value is -2.47. The maximum absolute atomic E-state index is 13.6. The van der Waals surface area contributed by atoms with Crippen LogP contribution in [0.1, 0.15) is 11.1 Å². The number of benzene rings is 2. The lowest BCUT2D eigenvalue weighted by Gasteiger charge is -2.10. The van der Waals surface area contributed by atoms with Crippen molar-refractivity contribution < 1.29 is 4.39 Å². The van der Waals surface area contributed by atoms with Crippen LogP contribution < -0.4 is 10.6 Å². The average molecular weight is 387 g/mol. The van der Waals surface area contributed by atoms with E-state index in [1.54, 1.807) is 30.5 Å². The highest BCUT2D eigenvalue weighted by atomic mass is 79.9. The minimum Gasteiger partial charge on any atom is -0.350 e. The molecule has 0 atom stereocenters. The van der Waals surface area contributed by atoms with Crippen molar-refractivity contribution in [2.45, 2.75) is 13.5 Å². The average Bonchev–Trinajstić information content (AvgIpc) is 2.57. The summed E-state index contributed by atoms with van der Waals surface area (Å²) in [5, 5.41) is 6.28. The van der Waals surface area contributed by atoms with Crippen molar-refractivity contribution in [2.75, 3.05) is 10.6 Å².